The zero-order valence-electron chi connectivity index (χ0n) is 10.7. The van der Waals surface area contributed by atoms with Crippen LogP contribution in [-0.2, 0) is 0 Å². The molecule has 0 bridgehead atoms. The van der Waals surface area contributed by atoms with E-state index in [0.717, 1.165) is 15.3 Å². The van der Waals surface area contributed by atoms with Crippen molar-refractivity contribution >= 4 is 23.3 Å². The minimum atomic E-state index is -0.423. The van der Waals surface area contributed by atoms with E-state index < -0.39 is 4.92 Å². The molecular weight excluding hydrogens is 290 g/mol. The van der Waals surface area contributed by atoms with Crippen LogP contribution in [0.1, 0.15) is 10.6 Å². The number of furan rings is 1. The molecule has 0 aliphatic rings. The topological polar surface area (TPSA) is 73.3 Å². The van der Waals surface area contributed by atoms with Crippen molar-refractivity contribution in [1.29, 1.82) is 0 Å². The van der Waals surface area contributed by atoms with Crippen LogP contribution in [0.25, 0.3) is 21.1 Å². The fourth-order valence-electron chi connectivity index (χ4n) is 1.92. The van der Waals surface area contributed by atoms with Crippen LogP contribution in [0.5, 0.6) is 0 Å². The van der Waals surface area contributed by atoms with Gasteiger partial charge in [0.25, 0.3) is 5.69 Å². The largest absolute Gasteiger partial charge is 0.452 e. The molecule has 0 aliphatic heterocycles. The Hall–Kier alpha value is -2.73. The second kappa shape index (κ2) is 5.34. The number of nitro groups is 1. The second-order valence-electron chi connectivity index (χ2n) is 4.29. The van der Waals surface area contributed by atoms with E-state index in [4.69, 9.17) is 4.42 Å². The zero-order chi connectivity index (χ0) is 14.8. The van der Waals surface area contributed by atoms with E-state index >= 15 is 0 Å². The highest BCUT2D eigenvalue weighted by Crippen LogP contribution is 2.35. The molecule has 0 saturated carbocycles. The van der Waals surface area contributed by atoms with Crippen molar-refractivity contribution in [2.45, 2.75) is 0 Å². The minimum Gasteiger partial charge on any atom is -0.452 e. The molecule has 0 saturated heterocycles. The molecule has 0 atom stereocenters. The van der Waals surface area contributed by atoms with Crippen LogP contribution in [0.3, 0.4) is 0 Å². The monoisotopic (exact) mass is 299 g/mol. The second-order valence-corrected chi connectivity index (χ2v) is 5.37. The Bertz CT molecular complexity index is 801. The van der Waals surface area contributed by atoms with Gasteiger partial charge in [-0.1, -0.05) is 0 Å². The van der Waals surface area contributed by atoms with E-state index in [9.17, 15) is 14.9 Å². The first-order chi connectivity index (χ1) is 10.2. The Morgan fingerprint density at radius 2 is 1.71 bits per heavy atom. The maximum Gasteiger partial charge on any atom is 0.269 e. The van der Waals surface area contributed by atoms with Crippen LogP contribution in [0, 0.1) is 10.1 Å². The summed E-state index contributed by atoms with van der Waals surface area (Å²) in [5, 5.41) is 10.6. The lowest BCUT2D eigenvalue weighted by molar-refractivity contribution is -0.384. The molecule has 3 aromatic rings. The fourth-order valence-corrected chi connectivity index (χ4v) is 2.89. The van der Waals surface area contributed by atoms with Crippen molar-refractivity contribution in [3.05, 3.63) is 64.4 Å². The summed E-state index contributed by atoms with van der Waals surface area (Å²) in [6, 6.07) is 13.6. The molecule has 0 aliphatic carbocycles. The predicted octanol–water partition coefficient (Wildman–Crippen LogP) is 4.40. The summed E-state index contributed by atoms with van der Waals surface area (Å²) in [5.41, 5.74) is 0.969. The molecular formula is C15H9NO4S. The number of rotatable bonds is 4. The normalized spacial score (nSPS) is 10.5. The molecule has 0 N–H and O–H groups in total. The van der Waals surface area contributed by atoms with Gasteiger partial charge in [-0.15, -0.1) is 11.3 Å². The Kier molecular flexibility index (Phi) is 3.37. The number of benzene rings is 1. The van der Waals surface area contributed by atoms with Crippen LogP contribution in [0.4, 0.5) is 5.69 Å². The van der Waals surface area contributed by atoms with Gasteiger partial charge in [0.1, 0.15) is 5.76 Å². The molecule has 104 valence electrons. The lowest BCUT2D eigenvalue weighted by atomic mass is 10.2. The number of nitro benzene ring substituents is 1. The smallest absolute Gasteiger partial charge is 0.269 e. The van der Waals surface area contributed by atoms with Gasteiger partial charge in [-0.25, -0.2) is 0 Å². The zero-order valence-corrected chi connectivity index (χ0v) is 11.5. The molecule has 0 radical (unpaired) electrons. The first-order valence-electron chi connectivity index (χ1n) is 6.07. The number of carbonyl (C=O) groups excluding carboxylic acids is 1. The molecule has 0 amide bonds. The summed E-state index contributed by atoms with van der Waals surface area (Å²) >= 11 is 1.50. The van der Waals surface area contributed by atoms with Crippen LogP contribution in [-0.4, -0.2) is 11.2 Å². The van der Waals surface area contributed by atoms with E-state index in [-0.39, 0.29) is 11.4 Å². The van der Waals surface area contributed by atoms with Gasteiger partial charge >= 0.3 is 0 Å². The average molecular weight is 299 g/mol. The molecule has 21 heavy (non-hydrogen) atoms. The lowest BCUT2D eigenvalue weighted by Gasteiger charge is -1.96. The summed E-state index contributed by atoms with van der Waals surface area (Å²) in [6.45, 7) is 0. The van der Waals surface area contributed by atoms with Crippen molar-refractivity contribution in [3.63, 3.8) is 0 Å². The lowest BCUT2D eigenvalue weighted by Crippen LogP contribution is -1.86. The third-order valence-corrected chi connectivity index (χ3v) is 4.10. The van der Waals surface area contributed by atoms with Gasteiger partial charge in [0, 0.05) is 17.0 Å². The highest BCUT2D eigenvalue weighted by molar-refractivity contribution is 7.18. The maximum absolute atomic E-state index is 10.6. The van der Waals surface area contributed by atoms with Crippen LogP contribution in [0.15, 0.2) is 52.9 Å². The van der Waals surface area contributed by atoms with Gasteiger partial charge in [-0.05, 0) is 42.0 Å². The Balaban J connectivity index is 1.90. The Morgan fingerprint density at radius 1 is 1.00 bits per heavy atom. The van der Waals surface area contributed by atoms with Gasteiger partial charge in [0.2, 0.25) is 0 Å². The summed E-state index contributed by atoms with van der Waals surface area (Å²) < 4.78 is 5.37. The van der Waals surface area contributed by atoms with Crippen molar-refractivity contribution in [2.24, 2.45) is 0 Å². The van der Waals surface area contributed by atoms with Crippen LogP contribution < -0.4 is 0 Å². The van der Waals surface area contributed by atoms with Crippen molar-refractivity contribution in [3.8, 4) is 21.1 Å². The van der Waals surface area contributed by atoms with Gasteiger partial charge in [-0.3, -0.25) is 14.9 Å². The number of hydrogen-bond donors (Lipinski definition) is 0. The third-order valence-electron chi connectivity index (χ3n) is 2.95. The van der Waals surface area contributed by atoms with Gasteiger partial charge in [-0.2, -0.15) is 0 Å². The van der Waals surface area contributed by atoms with E-state index in [1.54, 1.807) is 24.3 Å². The predicted molar refractivity (Wildman–Crippen MR) is 79.5 cm³/mol. The molecule has 2 aromatic heterocycles. The molecule has 1 aromatic carbocycles. The van der Waals surface area contributed by atoms with Crippen LogP contribution in [0.2, 0.25) is 0 Å². The average Bonchev–Trinajstić information content (AvgIpc) is 3.16. The van der Waals surface area contributed by atoms with Crippen molar-refractivity contribution in [1.82, 2.24) is 0 Å². The summed E-state index contributed by atoms with van der Waals surface area (Å²) in [5.74, 6) is 0.922. The number of non-ortho nitro benzene ring substituents is 1. The summed E-state index contributed by atoms with van der Waals surface area (Å²) in [4.78, 5) is 22.7. The van der Waals surface area contributed by atoms with Crippen LogP contribution >= 0.6 is 11.3 Å². The third kappa shape index (κ3) is 2.61. The Morgan fingerprint density at radius 3 is 2.33 bits per heavy atom. The summed E-state index contributed by atoms with van der Waals surface area (Å²) in [7, 11) is 0. The maximum atomic E-state index is 10.6. The van der Waals surface area contributed by atoms with E-state index in [2.05, 4.69) is 0 Å². The number of carbonyl (C=O) groups is 1. The number of nitrogens with zero attached hydrogens (tertiary/aromatic N) is 1. The van der Waals surface area contributed by atoms with E-state index in [1.165, 1.54) is 23.5 Å². The first-order valence-corrected chi connectivity index (χ1v) is 6.89. The minimum absolute atomic E-state index is 0.0668. The quantitative estimate of drug-likeness (QED) is 0.406. The molecule has 0 fully saturated rings. The van der Waals surface area contributed by atoms with Gasteiger partial charge in [0.15, 0.2) is 12.0 Å². The first kappa shape index (κ1) is 13.3. The van der Waals surface area contributed by atoms with Gasteiger partial charge < -0.3 is 4.42 Å². The fraction of sp³-hybridized carbons (Fsp3) is 0. The molecule has 6 heteroatoms. The molecule has 5 nitrogen and oxygen atoms in total. The number of aldehydes is 1. The summed E-state index contributed by atoms with van der Waals surface area (Å²) in [6.07, 6.45) is 0.661. The highest BCUT2D eigenvalue weighted by atomic mass is 32.1. The standard InChI is InChI=1S/C15H9NO4S/c17-9-12-5-6-13(20-12)15-8-7-14(21-15)10-1-3-11(4-2-10)16(18)19/h1-9H. The van der Waals surface area contributed by atoms with E-state index in [0.29, 0.717) is 12.0 Å². The molecule has 2 heterocycles. The van der Waals surface area contributed by atoms with Crippen molar-refractivity contribution in [2.75, 3.05) is 0 Å². The number of thiophene rings is 1. The molecule has 0 unspecified atom stereocenters. The van der Waals surface area contributed by atoms with E-state index in [1.807, 2.05) is 12.1 Å². The molecule has 0 spiro atoms. The Labute approximate surface area is 123 Å². The SMILES string of the molecule is O=Cc1ccc(-c2ccc(-c3ccc([N+](=O)[O-])cc3)s2)o1. The highest BCUT2D eigenvalue weighted by Gasteiger charge is 2.10. The molecule has 3 rings (SSSR count). The number of hydrogen-bond acceptors (Lipinski definition) is 5. The van der Waals surface area contributed by atoms with Crippen molar-refractivity contribution < 1.29 is 14.1 Å². The van der Waals surface area contributed by atoms with Gasteiger partial charge in [0.05, 0.1) is 9.80 Å².